The van der Waals surface area contributed by atoms with Crippen LogP contribution in [0.25, 0.3) is 5.76 Å². The molecule has 2 amide bonds. The maximum Gasteiger partial charge on any atom is 0.271 e. The number of rotatable bonds is 3. The molecule has 2 heterocycles. The number of benzene rings is 3. The minimum atomic E-state index is -1.21. The Hall–Kier alpha value is -3.97. The first-order valence-corrected chi connectivity index (χ1v) is 11.4. The van der Waals surface area contributed by atoms with Crippen LogP contribution in [0.4, 0.5) is 4.39 Å². The molecular formula is C27H17ClFNO5. The Bertz CT molecular complexity index is 1420. The van der Waals surface area contributed by atoms with E-state index in [1.807, 2.05) is 0 Å². The maximum absolute atomic E-state index is 13.7. The molecule has 0 saturated carbocycles. The number of fused-ring (bicyclic) bond motifs is 3. The Kier molecular flexibility index (Phi) is 4.96. The number of nitrogens with zero attached hydrogens (tertiary/aromatic N) is 1. The van der Waals surface area contributed by atoms with Gasteiger partial charge in [0, 0.05) is 16.1 Å². The minimum absolute atomic E-state index is 0.0305. The van der Waals surface area contributed by atoms with E-state index in [2.05, 4.69) is 0 Å². The van der Waals surface area contributed by atoms with Crippen molar-refractivity contribution in [2.24, 2.45) is 5.92 Å². The largest absolute Gasteiger partial charge is 0.477 e. The predicted octanol–water partition coefficient (Wildman–Crippen LogP) is 4.69. The van der Waals surface area contributed by atoms with Gasteiger partial charge in [0.25, 0.3) is 5.91 Å². The van der Waals surface area contributed by atoms with Gasteiger partial charge in [-0.15, -0.1) is 0 Å². The van der Waals surface area contributed by atoms with Crippen LogP contribution in [0.2, 0.25) is 5.02 Å². The van der Waals surface area contributed by atoms with Crippen LogP contribution in [0.1, 0.15) is 33.2 Å². The van der Waals surface area contributed by atoms with Crippen molar-refractivity contribution in [1.82, 2.24) is 4.90 Å². The zero-order valence-corrected chi connectivity index (χ0v) is 18.9. The molecule has 35 heavy (non-hydrogen) atoms. The van der Waals surface area contributed by atoms with Gasteiger partial charge in [-0.25, -0.2) is 4.39 Å². The molecule has 0 spiro atoms. The summed E-state index contributed by atoms with van der Waals surface area (Å²) in [5.74, 6) is -2.86. The van der Waals surface area contributed by atoms with Crippen LogP contribution in [0, 0.1) is 11.7 Å². The first kappa shape index (κ1) is 21.6. The molecule has 2 aliphatic heterocycles. The number of ketones is 1. The first-order valence-electron chi connectivity index (χ1n) is 11.0. The number of carbonyl (C=O) groups excluding carboxylic acids is 3. The lowest BCUT2D eigenvalue weighted by molar-refractivity contribution is -0.142. The van der Waals surface area contributed by atoms with Gasteiger partial charge in [-0.2, -0.15) is 0 Å². The SMILES string of the molecule is O=C1C2=C(OC3C(=O)N(Cc4ccc(Cl)cc4)C(=O)C3C(c3ccc(F)cc3)O2)c2ccccc21. The number of amides is 2. The summed E-state index contributed by atoms with van der Waals surface area (Å²) in [6, 6.07) is 19.1. The molecular weight excluding hydrogens is 473 g/mol. The van der Waals surface area contributed by atoms with Crippen LogP contribution in [0.5, 0.6) is 0 Å². The molecule has 174 valence electrons. The van der Waals surface area contributed by atoms with Gasteiger partial charge in [-0.1, -0.05) is 60.1 Å². The highest BCUT2D eigenvalue weighted by molar-refractivity contribution is 6.30. The second-order valence-electron chi connectivity index (χ2n) is 8.58. The number of Topliss-reactive ketones (excluding diaryl/α,β-unsaturated/α-hetero) is 1. The quantitative estimate of drug-likeness (QED) is 0.499. The van der Waals surface area contributed by atoms with E-state index >= 15 is 0 Å². The third-order valence-corrected chi connectivity index (χ3v) is 6.74. The molecule has 3 atom stereocenters. The third-order valence-electron chi connectivity index (χ3n) is 6.48. The highest BCUT2D eigenvalue weighted by Crippen LogP contribution is 2.47. The number of ether oxygens (including phenoxy) is 2. The van der Waals surface area contributed by atoms with Gasteiger partial charge in [0.05, 0.1) is 6.54 Å². The molecule has 6 nitrogen and oxygen atoms in total. The van der Waals surface area contributed by atoms with E-state index in [0.717, 1.165) is 4.90 Å². The second kappa shape index (κ2) is 8.06. The van der Waals surface area contributed by atoms with Gasteiger partial charge >= 0.3 is 0 Å². The van der Waals surface area contributed by atoms with Crippen molar-refractivity contribution in [3.05, 3.63) is 112 Å². The van der Waals surface area contributed by atoms with Crippen molar-refractivity contribution in [2.75, 3.05) is 0 Å². The van der Waals surface area contributed by atoms with E-state index < -0.39 is 35.8 Å². The molecule has 3 aliphatic rings. The summed E-state index contributed by atoms with van der Waals surface area (Å²) in [6.07, 6.45) is -2.24. The topological polar surface area (TPSA) is 72.9 Å². The Labute approximate surface area is 204 Å². The summed E-state index contributed by atoms with van der Waals surface area (Å²) in [4.78, 5) is 41.4. The Morgan fingerprint density at radius 2 is 1.43 bits per heavy atom. The molecule has 8 heteroatoms. The van der Waals surface area contributed by atoms with E-state index in [1.165, 1.54) is 24.3 Å². The predicted molar refractivity (Wildman–Crippen MR) is 123 cm³/mol. The van der Waals surface area contributed by atoms with E-state index in [-0.39, 0.29) is 23.8 Å². The van der Waals surface area contributed by atoms with E-state index in [4.69, 9.17) is 21.1 Å². The van der Waals surface area contributed by atoms with Crippen LogP contribution in [-0.4, -0.2) is 28.6 Å². The van der Waals surface area contributed by atoms with Crippen molar-refractivity contribution in [3.8, 4) is 0 Å². The summed E-state index contributed by atoms with van der Waals surface area (Å²) in [6.45, 7) is 0.0305. The number of halogens is 2. The third kappa shape index (κ3) is 3.42. The van der Waals surface area contributed by atoms with E-state index in [9.17, 15) is 18.8 Å². The highest BCUT2D eigenvalue weighted by atomic mass is 35.5. The molecule has 0 bridgehead atoms. The first-order chi connectivity index (χ1) is 16.9. The number of hydrogen-bond acceptors (Lipinski definition) is 5. The summed E-state index contributed by atoms with van der Waals surface area (Å²) in [5.41, 5.74) is 2.07. The fourth-order valence-corrected chi connectivity index (χ4v) is 4.90. The molecule has 3 aromatic rings. The maximum atomic E-state index is 13.7. The van der Waals surface area contributed by atoms with Crippen molar-refractivity contribution < 1.29 is 28.2 Å². The standard InChI is InChI=1S/C27H17ClFNO5/c28-16-9-5-14(6-10-16)13-30-26(32)20-22(15-7-11-17(29)12-8-15)34-25-21(31)18-3-1-2-4-19(18)23(25)35-24(20)27(30)33/h1-12,20,22,24H,13H2. The average Bonchev–Trinajstić information content (AvgIpc) is 3.16. The van der Waals surface area contributed by atoms with Crippen LogP contribution < -0.4 is 0 Å². The van der Waals surface area contributed by atoms with Gasteiger partial charge in [0.15, 0.2) is 11.9 Å². The average molecular weight is 490 g/mol. The molecule has 3 aromatic carbocycles. The van der Waals surface area contributed by atoms with Gasteiger partial charge in [-0.05, 0) is 35.4 Å². The fourth-order valence-electron chi connectivity index (χ4n) is 4.77. The summed E-state index contributed by atoms with van der Waals surface area (Å²) < 4.78 is 26.0. The minimum Gasteiger partial charge on any atom is -0.477 e. The molecule has 0 aromatic heterocycles. The second-order valence-corrected chi connectivity index (χ2v) is 9.01. The molecule has 1 saturated heterocycles. The fraction of sp³-hybridized carbons (Fsp3) is 0.148. The summed E-state index contributed by atoms with van der Waals surface area (Å²) in [7, 11) is 0. The van der Waals surface area contributed by atoms with Gasteiger partial charge in [-0.3, -0.25) is 19.3 Å². The van der Waals surface area contributed by atoms with Gasteiger partial charge in [0.1, 0.15) is 17.8 Å². The van der Waals surface area contributed by atoms with Crippen molar-refractivity contribution >= 4 is 35.0 Å². The smallest absolute Gasteiger partial charge is 0.271 e. The van der Waals surface area contributed by atoms with Crippen molar-refractivity contribution in [3.63, 3.8) is 0 Å². The van der Waals surface area contributed by atoms with Crippen molar-refractivity contribution in [2.45, 2.75) is 18.8 Å². The van der Waals surface area contributed by atoms with Crippen LogP contribution in [-0.2, 0) is 25.6 Å². The number of imide groups is 1. The van der Waals surface area contributed by atoms with E-state index in [0.29, 0.717) is 27.3 Å². The molecule has 1 aliphatic carbocycles. The molecule has 6 rings (SSSR count). The molecule has 3 unspecified atom stereocenters. The number of allylic oxidation sites excluding steroid dienone is 1. The summed E-state index contributed by atoms with van der Waals surface area (Å²) >= 11 is 5.96. The zero-order chi connectivity index (χ0) is 24.3. The molecule has 1 fully saturated rings. The summed E-state index contributed by atoms with van der Waals surface area (Å²) in [5, 5.41) is 0.537. The molecule has 0 radical (unpaired) electrons. The zero-order valence-electron chi connectivity index (χ0n) is 18.1. The normalized spacial score (nSPS) is 22.9. The van der Waals surface area contributed by atoms with E-state index in [1.54, 1.807) is 48.5 Å². The van der Waals surface area contributed by atoms with Gasteiger partial charge in [0.2, 0.25) is 17.4 Å². The lowest BCUT2D eigenvalue weighted by Crippen LogP contribution is -2.32. The van der Waals surface area contributed by atoms with Crippen LogP contribution in [0.3, 0.4) is 0 Å². The number of likely N-dealkylation sites (tertiary alicyclic amines) is 1. The van der Waals surface area contributed by atoms with Crippen LogP contribution >= 0.6 is 11.6 Å². The lowest BCUT2D eigenvalue weighted by Gasteiger charge is -2.24. The monoisotopic (exact) mass is 489 g/mol. The van der Waals surface area contributed by atoms with Crippen molar-refractivity contribution in [1.29, 1.82) is 0 Å². The number of hydrogen-bond donors (Lipinski definition) is 0. The Morgan fingerprint density at radius 3 is 2.14 bits per heavy atom. The lowest BCUT2D eigenvalue weighted by atomic mass is 9.92. The Balaban J connectivity index is 1.44. The Morgan fingerprint density at radius 1 is 0.771 bits per heavy atom. The van der Waals surface area contributed by atoms with Gasteiger partial charge < -0.3 is 9.47 Å². The highest BCUT2D eigenvalue weighted by Gasteiger charge is 2.57. The molecule has 0 N–H and O–H groups in total. The van der Waals surface area contributed by atoms with Crippen LogP contribution in [0.15, 0.2) is 78.6 Å². The number of carbonyl (C=O) groups is 3.